The molecule has 0 spiro atoms. The Hall–Kier alpha value is -8.38. The Morgan fingerprint density at radius 2 is 1.38 bits per heavy atom. The molecule has 491 valence electrons. The molecule has 1 saturated heterocycles. The topological polar surface area (TPSA) is 580 Å². The molecule has 8 atom stereocenters. The van der Waals surface area contributed by atoms with E-state index in [1.807, 2.05) is 0 Å². The molecule has 2 aromatic heterocycles. The van der Waals surface area contributed by atoms with Gasteiger partial charge in [-0.3, -0.25) is 48.3 Å². The number of amides is 7. The third-order valence-electron chi connectivity index (χ3n) is 12.5. The number of carbonyl (C=O) groups excluding carboxylic acids is 7. The number of carboxylic acids is 2. The number of carbonyl (C=O) groups is 9. The number of nitrogens with one attached hydrogen (secondary N) is 7. The van der Waals surface area contributed by atoms with Crippen molar-refractivity contribution in [3.05, 3.63) is 89.1 Å². The monoisotopic (exact) mass is 1340 g/mol. The van der Waals surface area contributed by atoms with Gasteiger partial charge >= 0.3 is 108 Å². The van der Waals surface area contributed by atoms with E-state index < -0.39 is 153 Å². The fourth-order valence-corrected chi connectivity index (χ4v) is 7.58. The van der Waals surface area contributed by atoms with Crippen molar-refractivity contribution in [2.75, 3.05) is 65.8 Å². The molecule has 4 unspecified atom stereocenters. The van der Waals surface area contributed by atoms with Gasteiger partial charge in [-0.1, -0.05) is 31.5 Å². The average Bonchev–Trinajstić information content (AvgIpc) is 3.84. The summed E-state index contributed by atoms with van der Waals surface area (Å²) >= 11 is 1.73. The molecular formula is C53H77N15O20Tc. The van der Waals surface area contributed by atoms with Gasteiger partial charge in [-0.05, 0) is 55.1 Å². The molecule has 0 saturated carbocycles. The van der Waals surface area contributed by atoms with Crippen LogP contribution in [-0.2, 0) is 58.7 Å². The number of rotatable bonds is 29. The summed E-state index contributed by atoms with van der Waals surface area (Å²) in [6.07, 6.45) is -2.32. The molecule has 0 aliphatic carbocycles. The van der Waals surface area contributed by atoms with E-state index in [0.29, 0.717) is 41.2 Å². The van der Waals surface area contributed by atoms with E-state index in [2.05, 4.69) is 66.0 Å². The van der Waals surface area contributed by atoms with Gasteiger partial charge in [-0.15, -0.1) is 0 Å². The first-order chi connectivity index (χ1) is 42.2. The first-order valence-electron chi connectivity index (χ1n) is 27.2. The third-order valence-corrected chi connectivity index (χ3v) is 12.7. The Kier molecular flexibility index (Phi) is 35.3. The zero-order valence-corrected chi connectivity index (χ0v) is 50.3. The van der Waals surface area contributed by atoms with Gasteiger partial charge in [0.25, 0.3) is 11.9 Å². The normalized spacial score (nSPS) is 17.7. The number of hydrogen-bond donors (Lipinski definition) is 19. The van der Waals surface area contributed by atoms with Crippen LogP contribution in [0.3, 0.4) is 0 Å². The molecule has 89 heavy (non-hydrogen) atoms. The van der Waals surface area contributed by atoms with Crippen LogP contribution >= 0.6 is 0 Å². The summed E-state index contributed by atoms with van der Waals surface area (Å²) < 4.78 is 9.40. The van der Waals surface area contributed by atoms with Crippen molar-refractivity contribution >= 4 is 65.1 Å². The number of aliphatic carboxylic acids is 2. The zero-order chi connectivity index (χ0) is 66.6. The van der Waals surface area contributed by atoms with Crippen molar-refractivity contribution in [1.29, 1.82) is 0 Å². The van der Waals surface area contributed by atoms with Crippen LogP contribution < -0.4 is 56.8 Å². The molecule has 4 rings (SSSR count). The number of guanidine groups is 1. The first kappa shape index (κ1) is 76.7. The number of nitrogens with zero attached hydrogens (tertiary/aromatic N) is 6. The number of nitrogens with two attached hydrogens (primary N) is 2. The molecule has 1 aliphatic rings. The average molecular weight is 1340 g/mol. The fourth-order valence-electron chi connectivity index (χ4n) is 7.39. The Morgan fingerprint density at radius 3 is 1.94 bits per heavy atom. The van der Waals surface area contributed by atoms with Gasteiger partial charge in [-0.25, -0.2) is 0 Å². The minimum absolute atomic E-state index is 0.0656. The van der Waals surface area contributed by atoms with E-state index in [4.69, 9.17) is 46.8 Å². The van der Waals surface area contributed by atoms with E-state index in [9.17, 15) is 63.6 Å². The minimum atomic E-state index is -1.71. The molecule has 0 bridgehead atoms. The van der Waals surface area contributed by atoms with Crippen molar-refractivity contribution in [3.63, 3.8) is 0 Å². The number of pyridine rings is 2. The molecule has 0 radical (unpaired) electrons. The smallest absolute Gasteiger partial charge is 0.305 e. The summed E-state index contributed by atoms with van der Waals surface area (Å²) in [5.74, 6) is -7.20. The predicted octanol–water partition coefficient (Wildman–Crippen LogP) is -6.63. The number of carboxylic acid groups (broad SMARTS) is 2. The molecule has 7 amide bonds. The van der Waals surface area contributed by atoms with Gasteiger partial charge in [0, 0.05) is 57.3 Å². The van der Waals surface area contributed by atoms with Gasteiger partial charge in [0.15, 0.2) is 5.96 Å². The zero-order valence-electron chi connectivity index (χ0n) is 48.4. The van der Waals surface area contributed by atoms with Crippen molar-refractivity contribution < 1.29 is 118 Å². The number of hydrogen-bond acceptors (Lipinski definition) is 22. The molecule has 21 N–H and O–H groups in total. The summed E-state index contributed by atoms with van der Waals surface area (Å²) in [6, 6.07) is 7.46. The maximum Gasteiger partial charge on any atom is 0.305 e. The van der Waals surface area contributed by atoms with Crippen molar-refractivity contribution in [2.24, 2.45) is 27.5 Å². The molecule has 3 aromatic rings. The van der Waals surface area contributed by atoms with Crippen molar-refractivity contribution in [2.45, 2.75) is 100 Å². The number of ether oxygens (including phenoxy) is 1. The van der Waals surface area contributed by atoms with Crippen LogP contribution in [0.1, 0.15) is 65.8 Å². The quantitative estimate of drug-likeness (QED) is 0.0101. The standard InChI is InChI=1S/C35H47N12O9.C12H18N2O6.C6H12NO5.Tc/c1-19(2)29-34(55)44-23(5-3-12-40-35(36)37)31(52)42-18-27(48)43-25(16-28(49)50)32(53)45-24(33(54)46-29)15-20-6-9-22(10-7-20)56-14-4-13-39-30(51)21-8-11-26(47-38)41-17-21;15-6-9(17)11(19)10(18)8(16)5-14-12(20)7-1-3-13-4-2-7;8-2-6(3-9,4-10)7-1-5(11)12;/h6-11,17,19,23-25,29H,3-5,12-16,18H2,1-2H3,(H,39,51)(H,42,52)(H,43,48)(H,44,55)(H,45,53)(H,46,54)(H,49,50)(H4,36,37,40);1-4,8-11,15-19H,5-6H2,(H,14,20);8-10H,1-4H2,(H,11,12);/q-1;;-1;+2/t23-,24+,25-,29-;;;/m0.../s1. The van der Waals surface area contributed by atoms with E-state index >= 15 is 0 Å². The third kappa shape index (κ3) is 29.0. The van der Waals surface area contributed by atoms with Crippen LogP contribution in [0, 0.1) is 5.92 Å². The van der Waals surface area contributed by atoms with Gasteiger partial charge in [0.05, 0.1) is 25.7 Å². The van der Waals surface area contributed by atoms with E-state index in [1.165, 1.54) is 30.7 Å². The maximum atomic E-state index is 13.8. The number of benzene rings is 1. The number of aliphatic imine (C=N–C) groups is 1. The molecule has 1 fully saturated rings. The summed E-state index contributed by atoms with van der Waals surface area (Å²) in [5, 5.41) is 115. The Morgan fingerprint density at radius 1 is 0.764 bits per heavy atom. The van der Waals surface area contributed by atoms with E-state index in [0.717, 1.165) is 0 Å². The second kappa shape index (κ2) is 41.0. The minimum Gasteiger partial charge on any atom is -0.642 e. The van der Waals surface area contributed by atoms with E-state index in [1.54, 1.807) is 69.0 Å². The molecule has 1 aromatic carbocycles. The van der Waals surface area contributed by atoms with Gasteiger partial charge < -0.3 is 99.8 Å². The second-order valence-electron chi connectivity index (χ2n) is 19.8. The predicted molar refractivity (Wildman–Crippen MR) is 306 cm³/mol. The van der Waals surface area contributed by atoms with Crippen LogP contribution in [0.25, 0.3) is 5.32 Å². The molecule has 1 aliphatic heterocycles. The van der Waals surface area contributed by atoms with E-state index in [-0.39, 0.29) is 50.8 Å². The Balaban J connectivity index is 0.000000683. The summed E-state index contributed by atoms with van der Waals surface area (Å²) in [7, 11) is 0. The number of aliphatic hydroxyl groups excluding tert-OH is 8. The van der Waals surface area contributed by atoms with Crippen LogP contribution in [0.4, 0.5) is 5.82 Å². The molecule has 36 heteroatoms. The molecule has 3 heterocycles. The van der Waals surface area contributed by atoms with Crippen molar-refractivity contribution in [1.82, 2.24) is 50.6 Å². The summed E-state index contributed by atoms with van der Waals surface area (Å²) in [5.41, 5.74) is 10.6. The number of aliphatic hydroxyl groups is 8. The fraction of sp³-hybridized carbons (Fsp3) is 0.509. The second-order valence-corrected chi connectivity index (χ2v) is 20.1. The summed E-state index contributed by atoms with van der Waals surface area (Å²) in [6.45, 7) is 0.108. The molecule has 35 nitrogen and oxygen atoms in total. The van der Waals surface area contributed by atoms with Gasteiger partial charge in [0.2, 0.25) is 29.5 Å². The molecular weight excluding hydrogens is 1260 g/mol. The van der Waals surface area contributed by atoms with Gasteiger partial charge in [-0.2, -0.15) is 0 Å². The van der Waals surface area contributed by atoms with Gasteiger partial charge in [0.1, 0.15) is 48.2 Å². The Bertz CT molecular complexity index is 2820. The maximum absolute atomic E-state index is 13.8. The van der Waals surface area contributed by atoms with Crippen molar-refractivity contribution in [3.8, 4) is 5.75 Å². The largest absolute Gasteiger partial charge is 0.642 e. The van der Waals surface area contributed by atoms with Crippen LogP contribution in [0.2, 0.25) is 0 Å². The Labute approximate surface area is 519 Å². The van der Waals surface area contributed by atoms with Crippen LogP contribution in [-0.4, -0.2) is 240 Å². The first-order valence-corrected chi connectivity index (χ1v) is 28.0. The number of aromatic nitrogens is 2. The SMILES string of the molecule is CC(C)[C@@H]1NC(=O)[C@@H](Cc2ccc(OCCCNC(=O)c3ccc(N=[N+]=[Tc])nc3)cc2)NC(=O)[C@H](CC(=O)O)NC(=O)CNC(=O)[C@H](CCCN=C(N)N)NC1=O.O=C(NCC(O)C(O)C(O)C(O)CO)c1ccncc1.O=C(O)C[N-]C(CO)(CO)CO. The van der Waals surface area contributed by atoms with Crippen LogP contribution in [0.15, 0.2) is 77.2 Å². The summed E-state index contributed by atoms with van der Waals surface area (Å²) in [4.78, 5) is 124. The van der Waals surface area contributed by atoms with Crippen LogP contribution in [0.5, 0.6) is 5.75 Å².